The molecular weight excluding hydrogens is 318 g/mol. The van der Waals surface area contributed by atoms with E-state index in [-0.39, 0.29) is 17.9 Å². The van der Waals surface area contributed by atoms with E-state index in [9.17, 15) is 8.42 Å². The summed E-state index contributed by atoms with van der Waals surface area (Å²) < 4.78 is 37.8. The lowest BCUT2D eigenvalue weighted by Crippen LogP contribution is -2.34. The predicted molar refractivity (Wildman–Crippen MR) is 82.3 cm³/mol. The van der Waals surface area contributed by atoms with Crippen molar-refractivity contribution in [1.29, 1.82) is 0 Å². The van der Waals surface area contributed by atoms with Crippen molar-refractivity contribution in [2.24, 2.45) is 5.92 Å². The first-order chi connectivity index (χ1) is 11.1. The Morgan fingerprint density at radius 2 is 2.09 bits per heavy atom. The van der Waals surface area contributed by atoms with Crippen LogP contribution in [0.2, 0.25) is 0 Å². The Balaban J connectivity index is 1.53. The highest BCUT2D eigenvalue weighted by atomic mass is 32.2. The average Bonchev–Trinajstić information content (AvgIpc) is 3.45. The van der Waals surface area contributed by atoms with Crippen molar-refractivity contribution in [3.8, 4) is 0 Å². The molecule has 0 N–H and O–H groups in total. The third kappa shape index (κ3) is 3.29. The molecule has 0 unspecified atom stereocenters. The van der Waals surface area contributed by atoms with Gasteiger partial charge in [0.05, 0.1) is 11.9 Å². The Bertz CT molecular complexity index is 666. The molecule has 0 amide bonds. The number of nitrogens with zero attached hydrogens (tertiary/aromatic N) is 3. The highest BCUT2D eigenvalue weighted by molar-refractivity contribution is 7.89. The predicted octanol–water partition coefficient (Wildman–Crippen LogP) is 1.84. The van der Waals surface area contributed by atoms with Crippen LogP contribution in [0.3, 0.4) is 0 Å². The van der Waals surface area contributed by atoms with Crippen LogP contribution in [0.15, 0.2) is 4.52 Å². The smallest absolute Gasteiger partial charge is 0.245 e. The molecule has 1 aromatic rings. The van der Waals surface area contributed by atoms with Gasteiger partial charge in [0.2, 0.25) is 15.9 Å². The standard InChI is InChI=1S/C15H23N3O4S/c1-21-12-8-13(15-16-14(17-22-15)11-4-5-11)18(9-12)23(19,20)7-6-10-2-3-10/h10-13H,2-9H2,1H3/t12-,13+/m0/s1. The van der Waals surface area contributed by atoms with Gasteiger partial charge in [0.15, 0.2) is 5.82 Å². The Labute approximate surface area is 136 Å². The van der Waals surface area contributed by atoms with E-state index in [0.717, 1.165) is 37.9 Å². The fourth-order valence-corrected chi connectivity index (χ4v) is 5.02. The molecule has 3 fully saturated rings. The Morgan fingerprint density at radius 3 is 2.74 bits per heavy atom. The Morgan fingerprint density at radius 1 is 1.30 bits per heavy atom. The van der Waals surface area contributed by atoms with Crippen LogP contribution in [0.1, 0.15) is 62.2 Å². The summed E-state index contributed by atoms with van der Waals surface area (Å²) in [6, 6.07) is -0.385. The van der Waals surface area contributed by atoms with E-state index in [1.54, 1.807) is 7.11 Å². The largest absolute Gasteiger partial charge is 0.380 e. The first kappa shape index (κ1) is 15.5. The summed E-state index contributed by atoms with van der Waals surface area (Å²) in [5.74, 6) is 2.33. The molecule has 23 heavy (non-hydrogen) atoms. The number of hydrogen-bond acceptors (Lipinski definition) is 6. The van der Waals surface area contributed by atoms with Gasteiger partial charge < -0.3 is 9.26 Å². The zero-order valence-electron chi connectivity index (χ0n) is 13.3. The van der Waals surface area contributed by atoms with Gasteiger partial charge in [0.1, 0.15) is 6.04 Å². The molecule has 0 bridgehead atoms. The average molecular weight is 341 g/mol. The summed E-state index contributed by atoms with van der Waals surface area (Å²) in [4.78, 5) is 4.45. The molecule has 0 spiro atoms. The van der Waals surface area contributed by atoms with Crippen molar-refractivity contribution in [2.45, 2.75) is 56.6 Å². The van der Waals surface area contributed by atoms with Gasteiger partial charge in [-0.25, -0.2) is 8.42 Å². The van der Waals surface area contributed by atoms with Gasteiger partial charge in [0.25, 0.3) is 0 Å². The number of ether oxygens (including phenoxy) is 1. The maximum atomic E-state index is 12.7. The van der Waals surface area contributed by atoms with Crippen molar-refractivity contribution < 1.29 is 17.7 Å². The fourth-order valence-electron chi connectivity index (χ4n) is 3.20. The molecule has 0 aromatic carbocycles. The van der Waals surface area contributed by atoms with Crippen molar-refractivity contribution in [3.05, 3.63) is 11.7 Å². The van der Waals surface area contributed by atoms with Gasteiger partial charge in [-0.05, 0) is 25.2 Å². The zero-order chi connectivity index (χ0) is 16.0. The summed E-state index contributed by atoms with van der Waals surface area (Å²) in [6.45, 7) is 0.370. The molecule has 2 heterocycles. The maximum absolute atomic E-state index is 12.7. The molecule has 4 rings (SSSR count). The van der Waals surface area contributed by atoms with Gasteiger partial charge in [0, 0.05) is 26.0 Å². The van der Waals surface area contributed by atoms with E-state index in [1.807, 2.05) is 0 Å². The second-order valence-corrected chi connectivity index (χ2v) is 9.03. The lowest BCUT2D eigenvalue weighted by Gasteiger charge is -2.21. The molecule has 1 saturated heterocycles. The first-order valence-electron chi connectivity index (χ1n) is 8.42. The molecule has 2 saturated carbocycles. The van der Waals surface area contributed by atoms with Crippen molar-refractivity contribution in [1.82, 2.24) is 14.4 Å². The van der Waals surface area contributed by atoms with E-state index < -0.39 is 10.0 Å². The minimum atomic E-state index is -3.33. The minimum Gasteiger partial charge on any atom is -0.380 e. The summed E-state index contributed by atoms with van der Waals surface area (Å²) in [5.41, 5.74) is 0. The van der Waals surface area contributed by atoms with E-state index in [4.69, 9.17) is 9.26 Å². The van der Waals surface area contributed by atoms with Gasteiger partial charge >= 0.3 is 0 Å². The molecule has 1 aliphatic heterocycles. The molecule has 128 valence electrons. The third-order valence-electron chi connectivity index (χ3n) is 5.07. The monoisotopic (exact) mass is 341 g/mol. The summed E-state index contributed by atoms with van der Waals surface area (Å²) in [6.07, 6.45) is 5.71. The molecule has 7 nitrogen and oxygen atoms in total. The van der Waals surface area contributed by atoms with Crippen LogP contribution < -0.4 is 0 Å². The lowest BCUT2D eigenvalue weighted by molar-refractivity contribution is 0.114. The second kappa shape index (κ2) is 5.82. The SMILES string of the molecule is CO[C@H]1C[C@H](c2nc(C3CC3)no2)N(S(=O)(=O)CCC2CC2)C1. The molecule has 3 aliphatic rings. The van der Waals surface area contributed by atoms with Crippen molar-refractivity contribution in [2.75, 3.05) is 19.4 Å². The minimum absolute atomic E-state index is 0.119. The number of sulfonamides is 1. The van der Waals surface area contributed by atoms with Crippen LogP contribution in [-0.4, -0.2) is 48.4 Å². The highest BCUT2D eigenvalue weighted by Crippen LogP contribution is 2.41. The van der Waals surface area contributed by atoms with Crippen LogP contribution in [-0.2, 0) is 14.8 Å². The van der Waals surface area contributed by atoms with Gasteiger partial charge in [-0.1, -0.05) is 18.0 Å². The van der Waals surface area contributed by atoms with E-state index in [0.29, 0.717) is 30.7 Å². The van der Waals surface area contributed by atoms with E-state index in [2.05, 4.69) is 10.1 Å². The van der Waals surface area contributed by atoms with Crippen LogP contribution >= 0.6 is 0 Å². The van der Waals surface area contributed by atoms with Gasteiger partial charge in [-0.3, -0.25) is 0 Å². The third-order valence-corrected chi connectivity index (χ3v) is 6.94. The van der Waals surface area contributed by atoms with E-state index >= 15 is 0 Å². The molecule has 0 radical (unpaired) electrons. The van der Waals surface area contributed by atoms with Crippen LogP contribution in [0.4, 0.5) is 0 Å². The lowest BCUT2D eigenvalue weighted by atomic mass is 10.2. The summed E-state index contributed by atoms with van der Waals surface area (Å²) in [7, 11) is -1.71. The van der Waals surface area contributed by atoms with Crippen LogP contribution in [0, 0.1) is 5.92 Å². The number of methoxy groups -OCH3 is 1. The summed E-state index contributed by atoms with van der Waals surface area (Å²) in [5, 5.41) is 4.03. The van der Waals surface area contributed by atoms with Gasteiger partial charge in [-0.2, -0.15) is 9.29 Å². The summed E-state index contributed by atoms with van der Waals surface area (Å²) >= 11 is 0. The van der Waals surface area contributed by atoms with E-state index in [1.165, 1.54) is 4.31 Å². The van der Waals surface area contributed by atoms with Crippen molar-refractivity contribution in [3.63, 3.8) is 0 Å². The number of hydrogen-bond donors (Lipinski definition) is 0. The molecule has 2 atom stereocenters. The number of aromatic nitrogens is 2. The molecular formula is C15H23N3O4S. The molecule has 8 heteroatoms. The fraction of sp³-hybridized carbons (Fsp3) is 0.867. The normalized spacial score (nSPS) is 29.3. The topological polar surface area (TPSA) is 85.5 Å². The molecule has 2 aliphatic carbocycles. The highest BCUT2D eigenvalue weighted by Gasteiger charge is 2.44. The zero-order valence-corrected chi connectivity index (χ0v) is 14.2. The Hall–Kier alpha value is -0.990. The van der Waals surface area contributed by atoms with Crippen LogP contribution in [0.5, 0.6) is 0 Å². The van der Waals surface area contributed by atoms with Gasteiger partial charge in [-0.15, -0.1) is 0 Å². The second-order valence-electron chi connectivity index (χ2n) is 6.99. The maximum Gasteiger partial charge on any atom is 0.245 e. The molecule has 1 aromatic heterocycles. The van der Waals surface area contributed by atoms with Crippen LogP contribution in [0.25, 0.3) is 0 Å². The Kier molecular flexibility index (Phi) is 3.93. The number of rotatable bonds is 7. The quantitative estimate of drug-likeness (QED) is 0.752. The first-order valence-corrected chi connectivity index (χ1v) is 10.0. The van der Waals surface area contributed by atoms with Crippen molar-refractivity contribution >= 4 is 10.0 Å².